The number of anilines is 1. The molecule has 1 unspecified atom stereocenters. The summed E-state index contributed by atoms with van der Waals surface area (Å²) in [6, 6.07) is 25.7. The van der Waals surface area contributed by atoms with E-state index >= 15 is 0 Å². The van der Waals surface area contributed by atoms with Gasteiger partial charge in [0.15, 0.2) is 0 Å². The normalized spacial score (nSPS) is 21.1. The van der Waals surface area contributed by atoms with E-state index < -0.39 is 24.0 Å². The van der Waals surface area contributed by atoms with Crippen molar-refractivity contribution < 1.29 is 19.5 Å². The van der Waals surface area contributed by atoms with Gasteiger partial charge in [0, 0.05) is 12.2 Å². The molecule has 2 fully saturated rings. The maximum Gasteiger partial charge on any atom is 0.328 e. The Morgan fingerprint density at radius 1 is 0.800 bits per heavy atom. The van der Waals surface area contributed by atoms with Crippen molar-refractivity contribution in [3.05, 3.63) is 102 Å². The lowest BCUT2D eigenvalue weighted by Gasteiger charge is -2.45. The Kier molecular flexibility index (Phi) is 6.23. The molecule has 0 spiro atoms. The minimum atomic E-state index is -1.11. The number of hydrogen-bond donors (Lipinski definition) is 2. The zero-order valence-electron chi connectivity index (χ0n) is 19.2. The number of rotatable bonds is 5. The quantitative estimate of drug-likeness (QED) is 0.587. The zero-order valence-corrected chi connectivity index (χ0v) is 19.2. The van der Waals surface area contributed by atoms with Gasteiger partial charge < -0.3 is 20.2 Å². The first-order valence-electron chi connectivity index (χ1n) is 11.8. The number of carbonyl (C=O) groups excluding carboxylic acids is 2. The second-order valence-corrected chi connectivity index (χ2v) is 9.03. The van der Waals surface area contributed by atoms with Crippen molar-refractivity contribution in [3.63, 3.8) is 0 Å². The molecule has 2 N–H and O–H groups in total. The van der Waals surface area contributed by atoms with E-state index in [9.17, 15) is 19.5 Å². The fourth-order valence-electron chi connectivity index (χ4n) is 5.43. The first-order valence-corrected chi connectivity index (χ1v) is 11.8. The van der Waals surface area contributed by atoms with E-state index in [1.54, 1.807) is 17.0 Å². The minimum absolute atomic E-state index is 0.185. The van der Waals surface area contributed by atoms with Gasteiger partial charge in [-0.2, -0.15) is 0 Å². The summed E-state index contributed by atoms with van der Waals surface area (Å²) >= 11 is 0. The monoisotopic (exact) mass is 469 g/mol. The Balaban J connectivity index is 1.46. The van der Waals surface area contributed by atoms with Crippen LogP contribution in [-0.2, 0) is 9.59 Å². The minimum Gasteiger partial charge on any atom is -0.480 e. The number of nitrogens with one attached hydrogen (secondary N) is 1. The van der Waals surface area contributed by atoms with E-state index in [1.807, 2.05) is 78.9 Å². The van der Waals surface area contributed by atoms with Crippen molar-refractivity contribution in [1.82, 2.24) is 9.80 Å². The lowest BCUT2D eigenvalue weighted by molar-refractivity contribution is -0.156. The van der Waals surface area contributed by atoms with Crippen molar-refractivity contribution in [2.45, 2.75) is 36.9 Å². The molecule has 178 valence electrons. The number of carboxylic acids is 1. The van der Waals surface area contributed by atoms with Crippen LogP contribution in [0, 0.1) is 0 Å². The van der Waals surface area contributed by atoms with Crippen LogP contribution in [0.15, 0.2) is 91.0 Å². The van der Waals surface area contributed by atoms with Gasteiger partial charge in [0.05, 0.1) is 18.0 Å². The number of carboxylic acid groups (broad SMARTS) is 1. The Bertz CT molecular complexity index is 1160. The third-order valence-corrected chi connectivity index (χ3v) is 6.96. The molecule has 0 aliphatic carbocycles. The standard InChI is InChI=1S/C28H27N3O4/c32-26(24(19-10-4-1-5-11-19)20-12-6-2-7-13-20)30-18-22-16-17-23(25(30)27(33)34)31(22)28(35)29-21-14-8-3-9-15-21/h1-15,22-25H,16-18H2,(H,29,35)(H,33,34)/t22-,23?,25-/m0/s1. The molecule has 2 bridgehead atoms. The lowest BCUT2D eigenvalue weighted by Crippen LogP contribution is -2.66. The highest BCUT2D eigenvalue weighted by Crippen LogP contribution is 2.38. The van der Waals surface area contributed by atoms with Crippen LogP contribution in [0.2, 0.25) is 0 Å². The fourth-order valence-corrected chi connectivity index (χ4v) is 5.43. The lowest BCUT2D eigenvalue weighted by atomic mass is 9.88. The first-order chi connectivity index (χ1) is 17.0. The fraction of sp³-hybridized carbons (Fsp3) is 0.250. The number of nitrogens with zero attached hydrogens (tertiary/aromatic N) is 2. The molecule has 0 saturated carbocycles. The highest BCUT2D eigenvalue weighted by atomic mass is 16.4. The van der Waals surface area contributed by atoms with Gasteiger partial charge >= 0.3 is 12.0 Å². The highest BCUT2D eigenvalue weighted by molar-refractivity contribution is 5.94. The number of amides is 3. The number of carbonyl (C=O) groups is 3. The average molecular weight is 470 g/mol. The van der Waals surface area contributed by atoms with Gasteiger partial charge in [0.25, 0.3) is 0 Å². The van der Waals surface area contributed by atoms with E-state index in [-0.39, 0.29) is 24.5 Å². The maximum atomic E-state index is 14.0. The molecule has 3 aromatic rings. The zero-order chi connectivity index (χ0) is 24.4. The average Bonchev–Trinajstić information content (AvgIpc) is 3.18. The number of hydrogen-bond acceptors (Lipinski definition) is 3. The second-order valence-electron chi connectivity index (χ2n) is 9.03. The van der Waals surface area contributed by atoms with Gasteiger partial charge in [0.1, 0.15) is 6.04 Å². The molecule has 7 nitrogen and oxygen atoms in total. The van der Waals surface area contributed by atoms with Gasteiger partial charge in [-0.3, -0.25) is 4.79 Å². The van der Waals surface area contributed by atoms with E-state index in [1.165, 1.54) is 4.90 Å². The molecule has 3 atom stereocenters. The molecule has 3 amide bonds. The van der Waals surface area contributed by atoms with Crippen LogP contribution in [0.4, 0.5) is 10.5 Å². The maximum absolute atomic E-state index is 14.0. The third-order valence-electron chi connectivity index (χ3n) is 6.96. The third kappa shape index (κ3) is 4.37. The van der Waals surface area contributed by atoms with Crippen molar-refractivity contribution in [3.8, 4) is 0 Å². The van der Waals surface area contributed by atoms with Gasteiger partial charge in [-0.1, -0.05) is 78.9 Å². The van der Waals surface area contributed by atoms with Crippen LogP contribution in [0.25, 0.3) is 0 Å². The SMILES string of the molecule is O=C(O)[C@@H]1C2CC[C@@H](CN1C(=O)C(c1ccccc1)c1ccccc1)N2C(=O)Nc1ccccc1. The van der Waals surface area contributed by atoms with Gasteiger partial charge in [-0.05, 0) is 36.1 Å². The van der Waals surface area contributed by atoms with E-state index in [0.29, 0.717) is 18.5 Å². The van der Waals surface area contributed by atoms with E-state index in [0.717, 1.165) is 11.1 Å². The van der Waals surface area contributed by atoms with Crippen LogP contribution in [0.3, 0.4) is 0 Å². The number of benzene rings is 3. The summed E-state index contributed by atoms with van der Waals surface area (Å²) in [7, 11) is 0. The topological polar surface area (TPSA) is 90.0 Å². The Morgan fingerprint density at radius 2 is 1.34 bits per heavy atom. The van der Waals surface area contributed by atoms with Crippen LogP contribution >= 0.6 is 0 Å². The number of urea groups is 1. The molecule has 2 saturated heterocycles. The molecule has 2 heterocycles. The van der Waals surface area contributed by atoms with Crippen LogP contribution < -0.4 is 5.32 Å². The molecule has 2 aliphatic rings. The molecule has 7 heteroatoms. The molecule has 3 aromatic carbocycles. The summed E-state index contributed by atoms with van der Waals surface area (Å²) in [5.41, 5.74) is 2.27. The molecular weight excluding hydrogens is 442 g/mol. The van der Waals surface area contributed by atoms with Gasteiger partial charge in [0.2, 0.25) is 5.91 Å². The molecule has 0 radical (unpaired) electrons. The number of aliphatic carboxylic acids is 1. The number of piperazine rings is 1. The van der Waals surface area contributed by atoms with Crippen molar-refractivity contribution >= 4 is 23.6 Å². The Hall–Kier alpha value is -4.13. The summed E-state index contributed by atoms with van der Waals surface area (Å²) in [6.45, 7) is 0.185. The largest absolute Gasteiger partial charge is 0.480 e. The molecule has 5 rings (SSSR count). The molecule has 2 aliphatic heterocycles. The van der Waals surface area contributed by atoms with Gasteiger partial charge in [-0.25, -0.2) is 9.59 Å². The van der Waals surface area contributed by atoms with Crippen LogP contribution in [0.1, 0.15) is 29.9 Å². The van der Waals surface area contributed by atoms with Crippen LogP contribution in [-0.4, -0.2) is 57.5 Å². The number of likely N-dealkylation sites (tertiary alicyclic amines) is 1. The smallest absolute Gasteiger partial charge is 0.328 e. The first kappa shape index (κ1) is 22.7. The Morgan fingerprint density at radius 3 is 1.89 bits per heavy atom. The van der Waals surface area contributed by atoms with Crippen molar-refractivity contribution in [1.29, 1.82) is 0 Å². The second kappa shape index (κ2) is 9.62. The van der Waals surface area contributed by atoms with Crippen molar-refractivity contribution in [2.24, 2.45) is 0 Å². The summed E-state index contributed by atoms with van der Waals surface area (Å²) in [4.78, 5) is 42.9. The number of fused-ring (bicyclic) bond motifs is 2. The summed E-state index contributed by atoms with van der Waals surface area (Å²) in [5, 5.41) is 13.1. The summed E-state index contributed by atoms with van der Waals surface area (Å²) in [5.74, 6) is -1.97. The Labute approximate surface area is 204 Å². The molecule has 0 aromatic heterocycles. The van der Waals surface area contributed by atoms with Crippen LogP contribution in [0.5, 0.6) is 0 Å². The number of para-hydroxylation sites is 1. The van der Waals surface area contributed by atoms with E-state index in [2.05, 4.69) is 5.32 Å². The predicted molar refractivity (Wildman–Crippen MR) is 132 cm³/mol. The van der Waals surface area contributed by atoms with Crippen molar-refractivity contribution in [2.75, 3.05) is 11.9 Å². The highest BCUT2D eigenvalue weighted by Gasteiger charge is 2.53. The molecular formula is C28H27N3O4. The molecule has 35 heavy (non-hydrogen) atoms. The van der Waals surface area contributed by atoms with E-state index in [4.69, 9.17) is 0 Å². The van der Waals surface area contributed by atoms with Gasteiger partial charge in [-0.15, -0.1) is 0 Å². The summed E-state index contributed by atoms with van der Waals surface area (Å²) in [6.07, 6.45) is 1.19. The summed E-state index contributed by atoms with van der Waals surface area (Å²) < 4.78 is 0. The predicted octanol–water partition coefficient (Wildman–Crippen LogP) is 4.18.